The van der Waals surface area contributed by atoms with Crippen molar-refractivity contribution in [3.63, 3.8) is 0 Å². The molecule has 0 unspecified atom stereocenters. The first-order chi connectivity index (χ1) is 14.3. The summed E-state index contributed by atoms with van der Waals surface area (Å²) in [5.41, 5.74) is 1.56. The van der Waals surface area contributed by atoms with Crippen LogP contribution in [-0.2, 0) is 0 Å². The quantitative estimate of drug-likeness (QED) is 0.634. The molecule has 1 saturated heterocycles. The van der Waals surface area contributed by atoms with Gasteiger partial charge in [-0.3, -0.25) is 0 Å². The minimum Gasteiger partial charge on any atom is -0.368 e. The Morgan fingerprint density at radius 2 is 1.83 bits per heavy atom. The SMILES string of the molecule is CC(C)(C)CCN1C[C@H]2C[C@@H](CNc3ccc(-c4cc(F)ccc4Cl)nn3)C[C@H]2C1. The summed E-state index contributed by atoms with van der Waals surface area (Å²) in [6.45, 7) is 11.7. The number of hydrogen-bond acceptors (Lipinski definition) is 4. The van der Waals surface area contributed by atoms with Crippen LogP contribution in [0.3, 0.4) is 0 Å². The number of halogens is 2. The number of aromatic nitrogens is 2. The molecule has 2 fully saturated rings. The number of nitrogens with one attached hydrogen (secondary N) is 1. The van der Waals surface area contributed by atoms with E-state index in [1.807, 2.05) is 12.1 Å². The fraction of sp³-hybridized carbons (Fsp3) is 0.583. The maximum atomic E-state index is 13.5. The van der Waals surface area contributed by atoms with Crippen LogP contribution in [0.1, 0.15) is 40.0 Å². The largest absolute Gasteiger partial charge is 0.368 e. The second kappa shape index (κ2) is 8.80. The van der Waals surface area contributed by atoms with Crippen molar-refractivity contribution in [3.8, 4) is 11.3 Å². The molecule has 162 valence electrons. The van der Waals surface area contributed by atoms with Crippen molar-refractivity contribution in [1.82, 2.24) is 15.1 Å². The van der Waals surface area contributed by atoms with E-state index in [2.05, 4.69) is 41.2 Å². The van der Waals surface area contributed by atoms with E-state index < -0.39 is 0 Å². The van der Waals surface area contributed by atoms with Gasteiger partial charge in [0.1, 0.15) is 11.6 Å². The lowest BCUT2D eigenvalue weighted by Crippen LogP contribution is -2.27. The number of likely N-dealkylation sites (tertiary alicyclic amines) is 1. The molecule has 4 nitrogen and oxygen atoms in total. The molecule has 2 aliphatic rings. The van der Waals surface area contributed by atoms with Gasteiger partial charge in [0, 0.05) is 25.2 Å². The van der Waals surface area contributed by atoms with E-state index in [1.165, 1.54) is 51.0 Å². The van der Waals surface area contributed by atoms with Gasteiger partial charge in [-0.15, -0.1) is 10.2 Å². The summed E-state index contributed by atoms with van der Waals surface area (Å²) in [6.07, 6.45) is 3.87. The molecule has 0 amide bonds. The van der Waals surface area contributed by atoms with Gasteiger partial charge < -0.3 is 10.2 Å². The Hall–Kier alpha value is -1.72. The molecule has 4 rings (SSSR count). The van der Waals surface area contributed by atoms with Crippen LogP contribution in [0.4, 0.5) is 10.2 Å². The minimum absolute atomic E-state index is 0.331. The van der Waals surface area contributed by atoms with E-state index >= 15 is 0 Å². The molecule has 30 heavy (non-hydrogen) atoms. The van der Waals surface area contributed by atoms with E-state index in [9.17, 15) is 4.39 Å². The van der Waals surface area contributed by atoms with Crippen molar-refractivity contribution < 1.29 is 4.39 Å². The van der Waals surface area contributed by atoms with Gasteiger partial charge in [-0.05, 0) is 79.3 Å². The Bertz CT molecular complexity index is 850. The van der Waals surface area contributed by atoms with Crippen LogP contribution in [0.2, 0.25) is 5.02 Å². The number of fused-ring (bicyclic) bond motifs is 1. The molecule has 0 spiro atoms. The fourth-order valence-electron chi connectivity index (χ4n) is 4.88. The van der Waals surface area contributed by atoms with E-state index in [0.717, 1.165) is 24.2 Å². The Labute approximate surface area is 184 Å². The maximum absolute atomic E-state index is 13.5. The Kier molecular flexibility index (Phi) is 6.31. The van der Waals surface area contributed by atoms with Crippen LogP contribution in [0, 0.1) is 29.0 Å². The first-order valence-corrected chi connectivity index (χ1v) is 11.4. The maximum Gasteiger partial charge on any atom is 0.148 e. The standard InChI is InChI=1S/C24H32ClFN4/c1-24(2,3)8-9-30-14-17-10-16(11-18(17)15-30)13-27-23-7-6-22(28-29-23)20-12-19(26)4-5-21(20)25/h4-7,12,16-18H,8-11,13-15H2,1-3H3,(H,27,29)/t16-,17-,18+. The summed E-state index contributed by atoms with van der Waals surface area (Å²) in [6, 6.07) is 8.01. The molecule has 0 radical (unpaired) electrons. The number of rotatable bonds is 6. The number of benzene rings is 1. The number of anilines is 1. The summed E-state index contributed by atoms with van der Waals surface area (Å²) in [5, 5.41) is 12.4. The monoisotopic (exact) mass is 430 g/mol. The molecule has 1 aliphatic heterocycles. The Balaban J connectivity index is 1.25. The predicted octanol–water partition coefficient (Wildman–Crippen LogP) is 5.74. The summed E-state index contributed by atoms with van der Waals surface area (Å²) in [7, 11) is 0. The molecule has 1 aliphatic carbocycles. The van der Waals surface area contributed by atoms with Crippen molar-refractivity contribution in [2.75, 3.05) is 31.5 Å². The molecule has 1 saturated carbocycles. The van der Waals surface area contributed by atoms with Crippen LogP contribution in [0.15, 0.2) is 30.3 Å². The van der Waals surface area contributed by atoms with Crippen LogP contribution >= 0.6 is 11.6 Å². The third-order valence-corrected chi connectivity index (χ3v) is 6.87. The van der Waals surface area contributed by atoms with E-state index in [-0.39, 0.29) is 5.82 Å². The summed E-state index contributed by atoms with van der Waals surface area (Å²) in [5.74, 6) is 2.82. The van der Waals surface area contributed by atoms with Gasteiger partial charge in [-0.1, -0.05) is 32.4 Å². The highest BCUT2D eigenvalue weighted by molar-refractivity contribution is 6.33. The normalized spacial score (nSPS) is 24.2. The average molecular weight is 431 g/mol. The van der Waals surface area contributed by atoms with Crippen LogP contribution in [-0.4, -0.2) is 41.3 Å². The molecule has 0 bridgehead atoms. The molecular formula is C24H32ClFN4. The van der Waals surface area contributed by atoms with Gasteiger partial charge in [-0.2, -0.15) is 0 Å². The Morgan fingerprint density at radius 1 is 1.10 bits per heavy atom. The second-order valence-electron chi connectivity index (χ2n) is 10.2. The highest BCUT2D eigenvalue weighted by Gasteiger charge is 2.40. The van der Waals surface area contributed by atoms with E-state index in [0.29, 0.717) is 27.6 Å². The minimum atomic E-state index is -0.331. The summed E-state index contributed by atoms with van der Waals surface area (Å²) in [4.78, 5) is 2.67. The zero-order chi connectivity index (χ0) is 21.3. The highest BCUT2D eigenvalue weighted by Crippen LogP contribution is 2.41. The molecule has 6 heteroatoms. The van der Waals surface area contributed by atoms with E-state index in [4.69, 9.17) is 11.6 Å². The van der Waals surface area contributed by atoms with Crippen LogP contribution < -0.4 is 5.32 Å². The lowest BCUT2D eigenvalue weighted by atomic mass is 9.92. The third-order valence-electron chi connectivity index (χ3n) is 6.54. The smallest absolute Gasteiger partial charge is 0.148 e. The van der Waals surface area contributed by atoms with Gasteiger partial charge in [0.15, 0.2) is 0 Å². The van der Waals surface area contributed by atoms with Crippen molar-refractivity contribution in [1.29, 1.82) is 0 Å². The van der Waals surface area contributed by atoms with Gasteiger partial charge in [-0.25, -0.2) is 4.39 Å². The zero-order valence-corrected chi connectivity index (χ0v) is 18.9. The number of hydrogen-bond donors (Lipinski definition) is 1. The van der Waals surface area contributed by atoms with Crippen LogP contribution in [0.5, 0.6) is 0 Å². The molecule has 3 atom stereocenters. The highest BCUT2D eigenvalue weighted by atomic mass is 35.5. The lowest BCUT2D eigenvalue weighted by Gasteiger charge is -2.24. The molecule has 2 aromatic rings. The molecule has 1 N–H and O–H groups in total. The first kappa shape index (κ1) is 21.5. The predicted molar refractivity (Wildman–Crippen MR) is 121 cm³/mol. The first-order valence-electron chi connectivity index (χ1n) is 11.0. The van der Waals surface area contributed by atoms with Crippen molar-refractivity contribution in [2.45, 2.75) is 40.0 Å². The molecule has 1 aromatic heterocycles. The number of nitrogens with zero attached hydrogens (tertiary/aromatic N) is 3. The van der Waals surface area contributed by atoms with Crippen molar-refractivity contribution in [2.24, 2.45) is 23.2 Å². The Morgan fingerprint density at radius 3 is 2.47 bits per heavy atom. The van der Waals surface area contributed by atoms with Crippen LogP contribution in [0.25, 0.3) is 11.3 Å². The summed E-state index contributed by atoms with van der Waals surface area (Å²) < 4.78 is 13.5. The zero-order valence-electron chi connectivity index (χ0n) is 18.2. The lowest BCUT2D eigenvalue weighted by molar-refractivity contribution is 0.246. The topological polar surface area (TPSA) is 41.0 Å². The van der Waals surface area contributed by atoms with Gasteiger partial charge in [0.25, 0.3) is 0 Å². The van der Waals surface area contributed by atoms with Gasteiger partial charge in [0.05, 0.1) is 10.7 Å². The average Bonchev–Trinajstić information content (AvgIpc) is 3.25. The van der Waals surface area contributed by atoms with E-state index in [1.54, 1.807) is 6.07 Å². The third kappa shape index (κ3) is 5.30. The molecular weight excluding hydrogens is 399 g/mol. The molecule has 1 aromatic carbocycles. The van der Waals surface area contributed by atoms with Crippen molar-refractivity contribution >= 4 is 17.4 Å². The van der Waals surface area contributed by atoms with Gasteiger partial charge >= 0.3 is 0 Å². The van der Waals surface area contributed by atoms with Gasteiger partial charge in [0.2, 0.25) is 0 Å². The fourth-order valence-corrected chi connectivity index (χ4v) is 5.09. The second-order valence-corrected chi connectivity index (χ2v) is 10.6. The molecule has 2 heterocycles. The van der Waals surface area contributed by atoms with Crippen molar-refractivity contribution in [3.05, 3.63) is 41.2 Å². The summed E-state index contributed by atoms with van der Waals surface area (Å²) >= 11 is 6.16.